The second-order valence-corrected chi connectivity index (χ2v) is 5.48. The molecule has 0 radical (unpaired) electrons. The normalized spacial score (nSPS) is 16.8. The van der Waals surface area contributed by atoms with E-state index in [-0.39, 0.29) is 0 Å². The van der Waals surface area contributed by atoms with Crippen molar-refractivity contribution in [2.24, 2.45) is 0 Å². The lowest BCUT2D eigenvalue weighted by Gasteiger charge is -2.10. The highest BCUT2D eigenvalue weighted by atomic mass is 32.1. The van der Waals surface area contributed by atoms with Gasteiger partial charge in [0.25, 0.3) is 0 Å². The van der Waals surface area contributed by atoms with Gasteiger partial charge in [0.05, 0.1) is 23.4 Å². The second-order valence-electron chi connectivity index (χ2n) is 4.54. The number of ether oxygens (including phenoxy) is 1. The summed E-state index contributed by atoms with van der Waals surface area (Å²) in [6.45, 7) is 4.76. The zero-order valence-corrected chi connectivity index (χ0v) is 11.4. The number of nitrogens with zero attached hydrogens (tertiary/aromatic N) is 1. The molecule has 1 aliphatic carbocycles. The first-order chi connectivity index (χ1) is 8.38. The third-order valence-electron chi connectivity index (χ3n) is 3.14. The van der Waals surface area contributed by atoms with E-state index in [4.69, 9.17) is 4.74 Å². The summed E-state index contributed by atoms with van der Waals surface area (Å²) in [6.07, 6.45) is 6.77. The van der Waals surface area contributed by atoms with Gasteiger partial charge in [-0.15, -0.1) is 11.3 Å². The van der Waals surface area contributed by atoms with Crippen LogP contribution >= 0.6 is 11.3 Å². The molecule has 0 unspecified atom stereocenters. The van der Waals surface area contributed by atoms with Crippen LogP contribution in [0.15, 0.2) is 5.38 Å². The van der Waals surface area contributed by atoms with Crippen molar-refractivity contribution in [3.8, 4) is 0 Å². The van der Waals surface area contributed by atoms with E-state index in [1.807, 2.05) is 0 Å². The van der Waals surface area contributed by atoms with E-state index in [2.05, 4.69) is 22.6 Å². The summed E-state index contributed by atoms with van der Waals surface area (Å²) < 4.78 is 5.79. The molecule has 4 heteroatoms. The summed E-state index contributed by atoms with van der Waals surface area (Å²) in [5, 5.41) is 6.75. The molecule has 1 aromatic rings. The summed E-state index contributed by atoms with van der Waals surface area (Å²) in [5.41, 5.74) is 1.16. The number of thiazole rings is 1. The van der Waals surface area contributed by atoms with Gasteiger partial charge < -0.3 is 10.1 Å². The van der Waals surface area contributed by atoms with E-state index in [0.717, 1.165) is 31.8 Å². The van der Waals surface area contributed by atoms with E-state index < -0.39 is 0 Å². The highest BCUT2D eigenvalue weighted by molar-refractivity contribution is 7.09. The van der Waals surface area contributed by atoms with Crippen LogP contribution in [0, 0.1) is 0 Å². The summed E-state index contributed by atoms with van der Waals surface area (Å²) in [5.74, 6) is 0. The van der Waals surface area contributed by atoms with E-state index in [0.29, 0.717) is 6.10 Å². The third-order valence-corrected chi connectivity index (χ3v) is 4.18. The lowest BCUT2D eigenvalue weighted by molar-refractivity contribution is 0.0602. The van der Waals surface area contributed by atoms with E-state index in [1.165, 1.54) is 30.7 Å². The Bertz CT molecular complexity index is 321. The van der Waals surface area contributed by atoms with Crippen LogP contribution in [0.3, 0.4) is 0 Å². The molecule has 1 heterocycles. The molecule has 2 rings (SSSR count). The Morgan fingerprint density at radius 3 is 3.00 bits per heavy atom. The molecule has 17 heavy (non-hydrogen) atoms. The van der Waals surface area contributed by atoms with Crippen LogP contribution in [0.2, 0.25) is 0 Å². The molecule has 0 aromatic carbocycles. The van der Waals surface area contributed by atoms with E-state index in [9.17, 15) is 0 Å². The van der Waals surface area contributed by atoms with Crippen LogP contribution in [0.5, 0.6) is 0 Å². The molecule has 1 aromatic heterocycles. The monoisotopic (exact) mass is 254 g/mol. The summed E-state index contributed by atoms with van der Waals surface area (Å²) >= 11 is 1.75. The van der Waals surface area contributed by atoms with Crippen molar-refractivity contribution in [1.29, 1.82) is 0 Å². The Balaban J connectivity index is 1.53. The Labute approximate surface area is 108 Å². The maximum Gasteiger partial charge on any atom is 0.0926 e. The topological polar surface area (TPSA) is 34.2 Å². The summed E-state index contributed by atoms with van der Waals surface area (Å²) in [6, 6.07) is 0. The molecule has 0 bridgehead atoms. The molecule has 0 spiro atoms. The van der Waals surface area contributed by atoms with Crippen LogP contribution in [-0.2, 0) is 17.7 Å². The van der Waals surface area contributed by atoms with Crippen LogP contribution in [0.1, 0.15) is 43.3 Å². The largest absolute Gasteiger partial charge is 0.377 e. The van der Waals surface area contributed by atoms with Gasteiger partial charge in [-0.25, -0.2) is 4.98 Å². The lowest BCUT2D eigenvalue weighted by atomic mass is 10.3. The number of nitrogens with one attached hydrogen (secondary N) is 1. The number of hydrogen-bond acceptors (Lipinski definition) is 4. The second kappa shape index (κ2) is 7.09. The van der Waals surface area contributed by atoms with Crippen LogP contribution < -0.4 is 5.32 Å². The molecule has 0 aliphatic heterocycles. The fourth-order valence-corrected chi connectivity index (χ4v) is 2.91. The van der Waals surface area contributed by atoms with Crippen molar-refractivity contribution >= 4 is 11.3 Å². The van der Waals surface area contributed by atoms with Gasteiger partial charge in [0.1, 0.15) is 0 Å². The van der Waals surface area contributed by atoms with Crippen molar-refractivity contribution in [1.82, 2.24) is 10.3 Å². The van der Waals surface area contributed by atoms with Crippen molar-refractivity contribution in [3.05, 3.63) is 16.1 Å². The van der Waals surface area contributed by atoms with Crippen molar-refractivity contribution in [3.63, 3.8) is 0 Å². The van der Waals surface area contributed by atoms with Crippen molar-refractivity contribution < 1.29 is 4.74 Å². The molecule has 1 aliphatic rings. The van der Waals surface area contributed by atoms with Gasteiger partial charge in [0.2, 0.25) is 0 Å². The molecule has 3 nitrogen and oxygen atoms in total. The van der Waals surface area contributed by atoms with Crippen LogP contribution in [0.4, 0.5) is 0 Å². The molecular formula is C13H22N2OS. The number of aryl methyl sites for hydroxylation is 1. The minimum absolute atomic E-state index is 0.530. The number of hydrogen-bond donors (Lipinski definition) is 1. The van der Waals surface area contributed by atoms with Gasteiger partial charge >= 0.3 is 0 Å². The number of rotatable bonds is 7. The number of aromatic nitrogens is 1. The van der Waals surface area contributed by atoms with Gasteiger partial charge in [-0.05, 0) is 19.3 Å². The standard InChI is InChI=1S/C13H22N2OS/c1-2-13-15-11(10-17-13)9-14-7-8-16-12-5-3-4-6-12/h10,12,14H,2-9H2,1H3. The fourth-order valence-electron chi connectivity index (χ4n) is 2.16. The molecule has 1 fully saturated rings. The average molecular weight is 254 g/mol. The van der Waals surface area contributed by atoms with Gasteiger partial charge in [0, 0.05) is 18.5 Å². The molecule has 0 amide bonds. The molecule has 96 valence electrons. The smallest absolute Gasteiger partial charge is 0.0926 e. The third kappa shape index (κ3) is 4.37. The molecular weight excluding hydrogens is 232 g/mol. The molecule has 1 N–H and O–H groups in total. The first-order valence-corrected chi connectivity index (χ1v) is 7.52. The fraction of sp³-hybridized carbons (Fsp3) is 0.769. The maximum atomic E-state index is 5.79. The van der Waals surface area contributed by atoms with Gasteiger partial charge in [-0.1, -0.05) is 19.8 Å². The SMILES string of the molecule is CCc1nc(CNCCOC2CCCC2)cs1. The first kappa shape index (κ1) is 13.0. The lowest BCUT2D eigenvalue weighted by Crippen LogP contribution is -2.22. The minimum Gasteiger partial charge on any atom is -0.377 e. The van der Waals surface area contributed by atoms with Gasteiger partial charge in [-0.3, -0.25) is 0 Å². The quantitative estimate of drug-likeness (QED) is 0.760. The zero-order valence-electron chi connectivity index (χ0n) is 10.6. The van der Waals surface area contributed by atoms with E-state index in [1.54, 1.807) is 11.3 Å². The Hall–Kier alpha value is -0.450. The Morgan fingerprint density at radius 2 is 2.29 bits per heavy atom. The predicted molar refractivity (Wildman–Crippen MR) is 71.4 cm³/mol. The van der Waals surface area contributed by atoms with Crippen LogP contribution in [-0.4, -0.2) is 24.2 Å². The Morgan fingerprint density at radius 1 is 1.47 bits per heavy atom. The molecule has 0 atom stereocenters. The zero-order chi connectivity index (χ0) is 11.9. The predicted octanol–water partition coefficient (Wildman–Crippen LogP) is 2.75. The van der Waals surface area contributed by atoms with Crippen molar-refractivity contribution in [2.45, 2.75) is 51.7 Å². The van der Waals surface area contributed by atoms with Crippen LogP contribution in [0.25, 0.3) is 0 Å². The average Bonchev–Trinajstić information content (AvgIpc) is 2.99. The molecule has 0 saturated heterocycles. The highest BCUT2D eigenvalue weighted by Gasteiger charge is 2.14. The minimum atomic E-state index is 0.530. The van der Waals surface area contributed by atoms with Gasteiger partial charge in [-0.2, -0.15) is 0 Å². The maximum absolute atomic E-state index is 5.79. The molecule has 1 saturated carbocycles. The van der Waals surface area contributed by atoms with Crippen molar-refractivity contribution in [2.75, 3.05) is 13.2 Å². The summed E-state index contributed by atoms with van der Waals surface area (Å²) in [7, 11) is 0. The Kier molecular flexibility index (Phi) is 5.42. The van der Waals surface area contributed by atoms with Gasteiger partial charge in [0.15, 0.2) is 0 Å². The highest BCUT2D eigenvalue weighted by Crippen LogP contribution is 2.20. The van der Waals surface area contributed by atoms with E-state index >= 15 is 0 Å². The first-order valence-electron chi connectivity index (χ1n) is 6.64. The summed E-state index contributed by atoms with van der Waals surface area (Å²) in [4.78, 5) is 4.52.